The fourth-order valence-corrected chi connectivity index (χ4v) is 6.07. The van der Waals surface area contributed by atoms with Gasteiger partial charge >= 0.3 is 5.97 Å². The number of anilines is 1. The van der Waals surface area contributed by atoms with Crippen LogP contribution in [0.2, 0.25) is 0 Å². The van der Waals surface area contributed by atoms with Gasteiger partial charge in [-0.15, -0.1) is 0 Å². The van der Waals surface area contributed by atoms with Crippen molar-refractivity contribution in [1.82, 2.24) is 9.47 Å². The second-order valence-electron chi connectivity index (χ2n) is 9.13. The first-order chi connectivity index (χ1) is 16.1. The number of hydrogen-bond acceptors (Lipinski definition) is 7. The van der Waals surface area contributed by atoms with Gasteiger partial charge in [-0.3, -0.25) is 23.9 Å². The summed E-state index contributed by atoms with van der Waals surface area (Å²) in [6.07, 6.45) is 3.34. The van der Waals surface area contributed by atoms with Crippen molar-refractivity contribution in [3.8, 4) is 6.07 Å². The molecule has 0 saturated carbocycles. The lowest BCUT2D eigenvalue weighted by molar-refractivity contribution is -0.137. The zero-order chi connectivity index (χ0) is 25.2. The fourth-order valence-electron chi connectivity index (χ4n) is 4.78. The number of rotatable bonds is 7. The third-order valence-corrected chi connectivity index (χ3v) is 7.54. The van der Waals surface area contributed by atoms with E-state index in [4.69, 9.17) is 17.3 Å². The van der Waals surface area contributed by atoms with Crippen molar-refractivity contribution in [3.05, 3.63) is 31.9 Å². The molecule has 2 unspecified atom stereocenters. The molecule has 1 amide bonds. The Bertz CT molecular complexity index is 1140. The number of aromatic nitrogens is 1. The smallest absolute Gasteiger partial charge is 0.305 e. The van der Waals surface area contributed by atoms with Crippen molar-refractivity contribution >= 4 is 52.1 Å². The molecule has 2 saturated heterocycles. The van der Waals surface area contributed by atoms with Crippen LogP contribution in [0.3, 0.4) is 0 Å². The number of nitriles is 1. The SMILES string of the molecule is CCCn1c(N2CC(C)CC(C)C2)c(C=C2SC(=S)N(CCC(=O)O)C2=O)c(C)c(C#N)c1=O. The molecule has 10 heteroatoms. The van der Waals surface area contributed by atoms with E-state index in [-0.39, 0.29) is 30.0 Å². The minimum Gasteiger partial charge on any atom is -0.481 e. The molecule has 2 atom stereocenters. The van der Waals surface area contributed by atoms with Crippen LogP contribution in [0.15, 0.2) is 9.70 Å². The van der Waals surface area contributed by atoms with E-state index in [0.717, 1.165) is 43.5 Å². The van der Waals surface area contributed by atoms with E-state index in [1.54, 1.807) is 17.6 Å². The lowest BCUT2D eigenvalue weighted by Gasteiger charge is -2.39. The second-order valence-corrected chi connectivity index (χ2v) is 10.8. The van der Waals surface area contributed by atoms with E-state index in [9.17, 15) is 19.6 Å². The van der Waals surface area contributed by atoms with Crippen LogP contribution < -0.4 is 10.5 Å². The summed E-state index contributed by atoms with van der Waals surface area (Å²) in [4.78, 5) is 41.2. The molecule has 0 aliphatic carbocycles. The molecule has 0 aromatic carbocycles. The highest BCUT2D eigenvalue weighted by molar-refractivity contribution is 8.26. The summed E-state index contributed by atoms with van der Waals surface area (Å²) >= 11 is 6.46. The summed E-state index contributed by atoms with van der Waals surface area (Å²) in [5.74, 6) is 0.250. The molecule has 3 heterocycles. The van der Waals surface area contributed by atoms with Crippen molar-refractivity contribution in [1.29, 1.82) is 5.26 Å². The zero-order valence-electron chi connectivity index (χ0n) is 20.0. The molecule has 0 bridgehead atoms. The highest BCUT2D eigenvalue weighted by Crippen LogP contribution is 2.37. The third-order valence-electron chi connectivity index (χ3n) is 6.16. The topological polar surface area (TPSA) is 107 Å². The van der Waals surface area contributed by atoms with Crippen LogP contribution in [-0.2, 0) is 16.1 Å². The summed E-state index contributed by atoms with van der Waals surface area (Å²) in [5.41, 5.74) is 0.970. The number of piperidine rings is 1. The number of carbonyl (C=O) groups is 2. The number of thiocarbonyl (C=S) groups is 1. The number of nitrogens with zero attached hydrogens (tertiary/aromatic N) is 4. The first kappa shape index (κ1) is 26.0. The van der Waals surface area contributed by atoms with Crippen LogP contribution in [0.25, 0.3) is 6.08 Å². The second kappa shape index (κ2) is 10.7. The molecule has 2 aliphatic heterocycles. The predicted molar refractivity (Wildman–Crippen MR) is 138 cm³/mol. The number of thioether (sulfide) groups is 1. The molecular formula is C24H30N4O4S2. The normalized spacial score (nSPS) is 21.9. The molecule has 34 heavy (non-hydrogen) atoms. The van der Waals surface area contributed by atoms with Crippen molar-refractivity contribution < 1.29 is 14.7 Å². The summed E-state index contributed by atoms with van der Waals surface area (Å²) < 4.78 is 1.98. The molecule has 182 valence electrons. The minimum absolute atomic E-state index is 0.00309. The molecule has 1 aromatic heterocycles. The van der Waals surface area contributed by atoms with Gasteiger partial charge < -0.3 is 10.0 Å². The van der Waals surface area contributed by atoms with Crippen LogP contribution in [0.5, 0.6) is 0 Å². The Hall–Kier alpha value is -2.64. The average Bonchev–Trinajstić information content (AvgIpc) is 3.02. The molecule has 0 spiro atoms. The average molecular weight is 503 g/mol. The van der Waals surface area contributed by atoms with Crippen molar-refractivity contribution in [2.45, 2.75) is 53.5 Å². The molecule has 3 rings (SSSR count). The molecule has 1 N–H and O–H groups in total. The number of amides is 1. The summed E-state index contributed by atoms with van der Waals surface area (Å²) in [6, 6.07) is 2.06. The van der Waals surface area contributed by atoms with E-state index < -0.39 is 5.97 Å². The maximum absolute atomic E-state index is 13.3. The summed E-state index contributed by atoms with van der Waals surface area (Å²) in [6.45, 7) is 10.1. The number of hydrogen-bond donors (Lipinski definition) is 1. The number of carboxylic acids is 1. The number of carbonyl (C=O) groups excluding carboxylic acids is 1. The van der Waals surface area contributed by atoms with Gasteiger partial charge in [0.05, 0.1) is 11.3 Å². The van der Waals surface area contributed by atoms with Crippen LogP contribution >= 0.6 is 24.0 Å². The van der Waals surface area contributed by atoms with Crippen molar-refractivity contribution in [3.63, 3.8) is 0 Å². The Balaban J connectivity index is 2.20. The largest absolute Gasteiger partial charge is 0.481 e. The molecule has 2 aliphatic rings. The van der Waals surface area contributed by atoms with E-state index >= 15 is 0 Å². The fraction of sp³-hybridized carbons (Fsp3) is 0.542. The lowest BCUT2D eigenvalue weighted by Crippen LogP contribution is -2.43. The van der Waals surface area contributed by atoms with Crippen molar-refractivity contribution in [2.75, 3.05) is 24.5 Å². The highest BCUT2D eigenvalue weighted by Gasteiger charge is 2.34. The Morgan fingerprint density at radius 2 is 1.91 bits per heavy atom. The molecule has 1 aromatic rings. The van der Waals surface area contributed by atoms with E-state index in [0.29, 0.717) is 38.7 Å². The van der Waals surface area contributed by atoms with E-state index in [1.165, 1.54) is 4.90 Å². The monoisotopic (exact) mass is 502 g/mol. The van der Waals surface area contributed by atoms with E-state index in [2.05, 4.69) is 24.8 Å². The van der Waals surface area contributed by atoms with Gasteiger partial charge in [-0.25, -0.2) is 0 Å². The van der Waals surface area contributed by atoms with Crippen LogP contribution in [0, 0.1) is 30.1 Å². The van der Waals surface area contributed by atoms with Gasteiger partial charge in [0.2, 0.25) is 0 Å². The first-order valence-electron chi connectivity index (χ1n) is 11.5. The van der Waals surface area contributed by atoms with Crippen LogP contribution in [0.1, 0.15) is 56.7 Å². The van der Waals surface area contributed by atoms with E-state index in [1.807, 2.05) is 6.92 Å². The zero-order valence-corrected chi connectivity index (χ0v) is 21.6. The van der Waals surface area contributed by atoms with Gasteiger partial charge in [-0.2, -0.15) is 5.26 Å². The number of carboxylic acid groups (broad SMARTS) is 1. The quantitative estimate of drug-likeness (QED) is 0.445. The van der Waals surface area contributed by atoms with Gasteiger partial charge in [0.25, 0.3) is 11.5 Å². The van der Waals surface area contributed by atoms with Gasteiger partial charge in [0.1, 0.15) is 21.8 Å². The Morgan fingerprint density at radius 1 is 1.26 bits per heavy atom. The summed E-state index contributed by atoms with van der Waals surface area (Å²) in [7, 11) is 0. The predicted octanol–water partition coefficient (Wildman–Crippen LogP) is 3.60. The Kier molecular flexibility index (Phi) is 8.21. The summed E-state index contributed by atoms with van der Waals surface area (Å²) in [5, 5.41) is 18.8. The lowest BCUT2D eigenvalue weighted by atomic mass is 9.91. The van der Waals surface area contributed by atoms with Crippen LogP contribution in [-0.4, -0.2) is 50.4 Å². The first-order valence-corrected chi connectivity index (χ1v) is 12.7. The van der Waals surface area contributed by atoms with Crippen molar-refractivity contribution in [2.24, 2.45) is 11.8 Å². The molecule has 0 radical (unpaired) electrons. The maximum Gasteiger partial charge on any atom is 0.305 e. The van der Waals surface area contributed by atoms with Gasteiger partial charge in [-0.1, -0.05) is 44.8 Å². The van der Waals surface area contributed by atoms with Gasteiger partial charge in [-0.05, 0) is 43.2 Å². The highest BCUT2D eigenvalue weighted by atomic mass is 32.2. The van der Waals surface area contributed by atoms with Gasteiger partial charge in [0, 0.05) is 31.7 Å². The van der Waals surface area contributed by atoms with Crippen LogP contribution in [0.4, 0.5) is 5.82 Å². The number of aliphatic carboxylic acids is 1. The molecule has 8 nitrogen and oxygen atoms in total. The molecule has 2 fully saturated rings. The standard InChI is InChI=1S/C24H30N4O4S2/c1-5-7-27-21(26-12-14(2)9-15(3)13-26)17(16(4)18(11-25)22(27)31)10-19-23(32)28(24(33)34-19)8-6-20(29)30/h10,14-15H,5-9,12-13H2,1-4H3,(H,29,30). The minimum atomic E-state index is -1.00. The third kappa shape index (κ3) is 5.20. The maximum atomic E-state index is 13.3. The Labute approximate surface area is 209 Å². The Morgan fingerprint density at radius 3 is 2.47 bits per heavy atom. The molecular weight excluding hydrogens is 472 g/mol. The van der Waals surface area contributed by atoms with Gasteiger partial charge in [0.15, 0.2) is 0 Å². The number of pyridine rings is 1.